The lowest BCUT2D eigenvalue weighted by Crippen LogP contribution is -2.14. The quantitative estimate of drug-likeness (QED) is 0.812. The molecule has 1 aromatic carbocycles. The lowest BCUT2D eigenvalue weighted by molar-refractivity contribution is 0.267. The zero-order valence-corrected chi connectivity index (χ0v) is 8.51. The van der Waals surface area contributed by atoms with Crippen LogP contribution in [0.15, 0.2) is 22.7 Å². The van der Waals surface area contributed by atoms with E-state index in [1.807, 2.05) is 25.1 Å². The van der Waals surface area contributed by atoms with Crippen molar-refractivity contribution < 1.29 is 5.11 Å². The Morgan fingerprint density at radius 2 is 2.25 bits per heavy atom. The maximum atomic E-state index is 8.84. The lowest BCUT2D eigenvalue weighted by atomic mass is 10.1. The van der Waals surface area contributed by atoms with E-state index in [0.717, 1.165) is 10.0 Å². The predicted octanol–water partition coefficient (Wildman–Crippen LogP) is 1.75. The molecule has 3 N–H and O–H groups in total. The van der Waals surface area contributed by atoms with Gasteiger partial charge < -0.3 is 10.8 Å². The first-order chi connectivity index (χ1) is 5.65. The number of rotatable bonds is 2. The van der Waals surface area contributed by atoms with Crippen molar-refractivity contribution in [3.05, 3.63) is 33.8 Å². The summed E-state index contributed by atoms with van der Waals surface area (Å²) < 4.78 is 0.962. The van der Waals surface area contributed by atoms with Gasteiger partial charge in [0.2, 0.25) is 0 Å². The van der Waals surface area contributed by atoms with E-state index in [0.29, 0.717) is 0 Å². The molecule has 1 aromatic rings. The van der Waals surface area contributed by atoms with Crippen LogP contribution in [0.4, 0.5) is 0 Å². The number of aliphatic hydroxyl groups excluding tert-OH is 1. The number of hydrogen-bond donors (Lipinski definition) is 2. The highest BCUT2D eigenvalue weighted by atomic mass is 79.9. The second-order valence-corrected chi connectivity index (χ2v) is 3.67. The summed E-state index contributed by atoms with van der Waals surface area (Å²) in [5.74, 6) is 0. The Morgan fingerprint density at radius 3 is 2.75 bits per heavy atom. The molecule has 0 radical (unpaired) electrons. The fraction of sp³-hybridized carbons (Fsp3) is 0.333. The molecule has 0 saturated heterocycles. The molecule has 0 bridgehead atoms. The van der Waals surface area contributed by atoms with Crippen molar-refractivity contribution in [2.75, 3.05) is 6.61 Å². The molecule has 0 aliphatic heterocycles. The molecule has 0 amide bonds. The van der Waals surface area contributed by atoms with E-state index in [4.69, 9.17) is 10.8 Å². The Hall–Kier alpha value is -0.380. The van der Waals surface area contributed by atoms with Crippen molar-refractivity contribution in [1.82, 2.24) is 0 Å². The van der Waals surface area contributed by atoms with Gasteiger partial charge in [-0.05, 0) is 24.1 Å². The largest absolute Gasteiger partial charge is 0.394 e. The highest BCUT2D eigenvalue weighted by Crippen LogP contribution is 2.22. The summed E-state index contributed by atoms with van der Waals surface area (Å²) in [6.07, 6.45) is 0. The summed E-state index contributed by atoms with van der Waals surface area (Å²) in [4.78, 5) is 0. The molecule has 0 aliphatic carbocycles. The van der Waals surface area contributed by atoms with Crippen LogP contribution in [0.3, 0.4) is 0 Å². The monoisotopic (exact) mass is 229 g/mol. The topological polar surface area (TPSA) is 46.2 Å². The van der Waals surface area contributed by atoms with Crippen molar-refractivity contribution in [1.29, 1.82) is 0 Å². The first-order valence-electron chi connectivity index (χ1n) is 3.77. The third kappa shape index (κ3) is 2.06. The Morgan fingerprint density at radius 1 is 1.58 bits per heavy atom. The predicted molar refractivity (Wildman–Crippen MR) is 52.9 cm³/mol. The Balaban J connectivity index is 3.01. The number of halogens is 1. The van der Waals surface area contributed by atoms with Crippen LogP contribution in [-0.2, 0) is 0 Å². The van der Waals surface area contributed by atoms with Gasteiger partial charge in [-0.25, -0.2) is 0 Å². The molecule has 0 spiro atoms. The van der Waals surface area contributed by atoms with Crippen LogP contribution in [0.2, 0.25) is 0 Å². The second kappa shape index (κ2) is 4.03. The van der Waals surface area contributed by atoms with E-state index in [2.05, 4.69) is 15.9 Å². The van der Waals surface area contributed by atoms with Crippen molar-refractivity contribution in [3.63, 3.8) is 0 Å². The average molecular weight is 230 g/mol. The lowest BCUT2D eigenvalue weighted by Gasteiger charge is -2.10. The van der Waals surface area contributed by atoms with Gasteiger partial charge in [0.15, 0.2) is 0 Å². The van der Waals surface area contributed by atoms with Gasteiger partial charge in [0.25, 0.3) is 0 Å². The fourth-order valence-electron chi connectivity index (χ4n) is 1.03. The van der Waals surface area contributed by atoms with Crippen molar-refractivity contribution in [3.8, 4) is 0 Å². The second-order valence-electron chi connectivity index (χ2n) is 2.81. The highest BCUT2D eigenvalue weighted by Gasteiger charge is 2.07. The van der Waals surface area contributed by atoms with Gasteiger partial charge in [-0.3, -0.25) is 0 Å². The van der Waals surface area contributed by atoms with Crippen molar-refractivity contribution in [2.45, 2.75) is 13.0 Å². The molecular weight excluding hydrogens is 218 g/mol. The third-order valence-corrected chi connectivity index (χ3v) is 2.44. The molecule has 1 atom stereocenters. The van der Waals surface area contributed by atoms with E-state index in [9.17, 15) is 0 Å². The van der Waals surface area contributed by atoms with Gasteiger partial charge in [0.1, 0.15) is 0 Å². The summed E-state index contributed by atoms with van der Waals surface area (Å²) in [6, 6.07) is 5.61. The molecule has 0 saturated carbocycles. The van der Waals surface area contributed by atoms with Crippen LogP contribution < -0.4 is 5.73 Å². The van der Waals surface area contributed by atoms with Crippen LogP contribution in [-0.4, -0.2) is 11.7 Å². The normalized spacial score (nSPS) is 13.0. The van der Waals surface area contributed by atoms with Crippen LogP contribution in [0.1, 0.15) is 17.2 Å². The zero-order valence-electron chi connectivity index (χ0n) is 6.92. The molecule has 1 rings (SSSR count). The van der Waals surface area contributed by atoms with Gasteiger partial charge in [0.05, 0.1) is 12.6 Å². The Bertz CT molecular complexity index is 275. The van der Waals surface area contributed by atoms with Gasteiger partial charge in [-0.2, -0.15) is 0 Å². The van der Waals surface area contributed by atoms with Crippen LogP contribution >= 0.6 is 15.9 Å². The molecule has 3 heteroatoms. The Labute approximate surface area is 80.5 Å². The molecule has 0 aliphatic rings. The van der Waals surface area contributed by atoms with E-state index in [-0.39, 0.29) is 12.6 Å². The maximum absolute atomic E-state index is 8.84. The highest BCUT2D eigenvalue weighted by molar-refractivity contribution is 9.10. The summed E-state index contributed by atoms with van der Waals surface area (Å²) >= 11 is 3.40. The summed E-state index contributed by atoms with van der Waals surface area (Å²) in [5.41, 5.74) is 7.79. The standard InChI is InChI=1S/C9H12BrNO/c1-6-2-3-7(8(10)4-6)9(11)5-12/h2-4,9,12H,5,11H2,1H3/t9-/m1/s1. The van der Waals surface area contributed by atoms with Gasteiger partial charge >= 0.3 is 0 Å². The number of aryl methyl sites for hydroxylation is 1. The van der Waals surface area contributed by atoms with Gasteiger partial charge in [0, 0.05) is 4.47 Å². The minimum absolute atomic E-state index is 0.0261. The Kier molecular flexibility index (Phi) is 3.26. The summed E-state index contributed by atoms with van der Waals surface area (Å²) in [6.45, 7) is 1.99. The SMILES string of the molecule is Cc1ccc([C@H](N)CO)c(Br)c1. The molecule has 66 valence electrons. The minimum Gasteiger partial charge on any atom is -0.394 e. The fourth-order valence-corrected chi connectivity index (χ4v) is 1.82. The van der Waals surface area contributed by atoms with Crippen molar-refractivity contribution in [2.24, 2.45) is 5.73 Å². The van der Waals surface area contributed by atoms with E-state index in [1.54, 1.807) is 0 Å². The van der Waals surface area contributed by atoms with E-state index >= 15 is 0 Å². The van der Waals surface area contributed by atoms with Crippen molar-refractivity contribution >= 4 is 15.9 Å². The third-order valence-electron chi connectivity index (χ3n) is 1.75. The summed E-state index contributed by atoms with van der Waals surface area (Å²) in [5, 5.41) is 8.84. The molecule has 2 nitrogen and oxygen atoms in total. The first kappa shape index (κ1) is 9.71. The molecule has 0 fully saturated rings. The number of benzene rings is 1. The number of nitrogens with two attached hydrogens (primary N) is 1. The van der Waals surface area contributed by atoms with Crippen LogP contribution in [0, 0.1) is 6.92 Å². The number of aliphatic hydroxyl groups is 1. The van der Waals surface area contributed by atoms with Crippen LogP contribution in [0.5, 0.6) is 0 Å². The minimum atomic E-state index is -0.292. The van der Waals surface area contributed by atoms with E-state index in [1.165, 1.54) is 5.56 Å². The molecule has 0 aromatic heterocycles. The molecule has 0 unspecified atom stereocenters. The average Bonchev–Trinajstić information content (AvgIpc) is 2.03. The molecule has 0 heterocycles. The molecule has 12 heavy (non-hydrogen) atoms. The molecular formula is C9H12BrNO. The zero-order chi connectivity index (χ0) is 9.14. The van der Waals surface area contributed by atoms with E-state index < -0.39 is 0 Å². The maximum Gasteiger partial charge on any atom is 0.0624 e. The first-order valence-corrected chi connectivity index (χ1v) is 4.57. The van der Waals surface area contributed by atoms with Crippen LogP contribution in [0.25, 0.3) is 0 Å². The number of hydrogen-bond acceptors (Lipinski definition) is 2. The summed E-state index contributed by atoms with van der Waals surface area (Å²) in [7, 11) is 0. The van der Waals surface area contributed by atoms with Gasteiger partial charge in [-0.1, -0.05) is 28.1 Å². The van der Waals surface area contributed by atoms with Gasteiger partial charge in [-0.15, -0.1) is 0 Å². The smallest absolute Gasteiger partial charge is 0.0624 e.